The Balaban J connectivity index is 2.56. The summed E-state index contributed by atoms with van der Waals surface area (Å²) < 4.78 is 22.5. The molecule has 1 atom stereocenters. The molecule has 1 rings (SSSR count). The number of rotatable bonds is 9. The van der Waals surface area contributed by atoms with Crippen LogP contribution in [0.2, 0.25) is 0 Å². The minimum atomic E-state index is -3.70. The number of carbonyl (C=O) groups is 2. The van der Waals surface area contributed by atoms with Gasteiger partial charge in [-0.2, -0.15) is 0 Å². The van der Waals surface area contributed by atoms with Crippen molar-refractivity contribution in [1.82, 2.24) is 10.2 Å². The third-order valence-corrected chi connectivity index (χ3v) is 4.93. The summed E-state index contributed by atoms with van der Waals surface area (Å²) in [6.07, 6.45) is 1.68. The van der Waals surface area contributed by atoms with Gasteiger partial charge in [-0.25, -0.2) is 13.6 Å². The van der Waals surface area contributed by atoms with Gasteiger partial charge in [-0.1, -0.05) is 19.1 Å². The predicted octanol–water partition coefficient (Wildman–Crippen LogP) is 1.03. The first-order valence-corrected chi connectivity index (χ1v) is 9.84. The molecule has 1 unspecified atom stereocenters. The Morgan fingerprint density at radius 3 is 2.28 bits per heavy atom. The fraction of sp³-hybridized carbons (Fsp3) is 0.529. The fourth-order valence-corrected chi connectivity index (χ4v) is 2.74. The molecule has 0 radical (unpaired) electrons. The van der Waals surface area contributed by atoms with E-state index in [0.717, 1.165) is 12.0 Å². The number of nitrogens with zero attached hydrogens (tertiary/aromatic N) is 1. The second kappa shape index (κ2) is 9.53. The summed E-state index contributed by atoms with van der Waals surface area (Å²) in [4.78, 5) is 25.2. The molecule has 0 saturated heterocycles. The Morgan fingerprint density at radius 1 is 1.20 bits per heavy atom. The maximum absolute atomic E-state index is 11.8. The molecule has 140 valence electrons. The van der Waals surface area contributed by atoms with Crippen molar-refractivity contribution in [2.24, 2.45) is 5.14 Å². The topological polar surface area (TPSA) is 110 Å². The zero-order valence-electron chi connectivity index (χ0n) is 15.0. The minimum Gasteiger partial charge on any atom is -0.354 e. The van der Waals surface area contributed by atoms with Crippen LogP contribution in [-0.4, -0.2) is 44.3 Å². The number of hydrogen-bond donors (Lipinski definition) is 2. The van der Waals surface area contributed by atoms with Gasteiger partial charge in [-0.3, -0.25) is 9.59 Å². The molecular weight excluding hydrogens is 342 g/mol. The lowest BCUT2D eigenvalue weighted by Crippen LogP contribution is -2.37. The van der Waals surface area contributed by atoms with E-state index in [4.69, 9.17) is 5.14 Å². The van der Waals surface area contributed by atoms with Crippen molar-refractivity contribution in [2.75, 3.05) is 13.1 Å². The van der Waals surface area contributed by atoms with Crippen molar-refractivity contribution >= 4 is 21.8 Å². The second-order valence-corrected chi connectivity index (χ2v) is 7.63. The van der Waals surface area contributed by atoms with Crippen LogP contribution in [-0.2, 0) is 26.0 Å². The van der Waals surface area contributed by atoms with Crippen LogP contribution < -0.4 is 10.5 Å². The lowest BCUT2D eigenvalue weighted by Gasteiger charge is -2.21. The van der Waals surface area contributed by atoms with Crippen molar-refractivity contribution in [2.45, 2.75) is 51.0 Å². The van der Waals surface area contributed by atoms with Crippen molar-refractivity contribution in [1.29, 1.82) is 0 Å². The van der Waals surface area contributed by atoms with Crippen LogP contribution >= 0.6 is 0 Å². The minimum absolute atomic E-state index is 0.0568. The van der Waals surface area contributed by atoms with Gasteiger partial charge in [0.1, 0.15) is 0 Å². The SMILES string of the molecule is CCC(C)NC(=O)CCN(CCc1ccc(S(N)(=O)=O)cc1)C(C)=O. The number of sulfonamides is 1. The van der Waals surface area contributed by atoms with Crippen LogP contribution in [0.4, 0.5) is 0 Å². The van der Waals surface area contributed by atoms with Gasteiger partial charge in [0.2, 0.25) is 21.8 Å². The predicted molar refractivity (Wildman–Crippen MR) is 96.3 cm³/mol. The first-order valence-electron chi connectivity index (χ1n) is 8.30. The average molecular weight is 369 g/mol. The third-order valence-electron chi connectivity index (χ3n) is 4.00. The largest absolute Gasteiger partial charge is 0.354 e. The highest BCUT2D eigenvalue weighted by molar-refractivity contribution is 7.89. The van der Waals surface area contributed by atoms with Gasteiger partial charge in [-0.15, -0.1) is 0 Å². The molecule has 8 heteroatoms. The summed E-state index contributed by atoms with van der Waals surface area (Å²) in [6.45, 7) is 6.21. The van der Waals surface area contributed by atoms with E-state index in [1.165, 1.54) is 19.1 Å². The highest BCUT2D eigenvalue weighted by Gasteiger charge is 2.13. The van der Waals surface area contributed by atoms with E-state index in [1.54, 1.807) is 17.0 Å². The monoisotopic (exact) mass is 369 g/mol. The van der Waals surface area contributed by atoms with Gasteiger partial charge >= 0.3 is 0 Å². The number of primary sulfonamides is 1. The Morgan fingerprint density at radius 2 is 1.80 bits per heavy atom. The van der Waals surface area contributed by atoms with E-state index in [9.17, 15) is 18.0 Å². The molecule has 0 spiro atoms. The molecule has 0 aliphatic rings. The van der Waals surface area contributed by atoms with Gasteiger partial charge in [0.05, 0.1) is 4.90 Å². The van der Waals surface area contributed by atoms with Gasteiger partial charge in [0.15, 0.2) is 0 Å². The molecule has 0 aliphatic carbocycles. The van der Waals surface area contributed by atoms with E-state index in [1.807, 2.05) is 13.8 Å². The van der Waals surface area contributed by atoms with E-state index in [0.29, 0.717) is 19.5 Å². The summed E-state index contributed by atoms with van der Waals surface area (Å²) in [5.74, 6) is -0.171. The van der Waals surface area contributed by atoms with Crippen molar-refractivity contribution in [3.05, 3.63) is 29.8 Å². The standard InChI is InChI=1S/C17H27N3O4S/c1-4-13(2)19-17(22)10-12-20(14(3)21)11-9-15-5-7-16(8-6-15)25(18,23)24/h5-8,13H,4,9-12H2,1-3H3,(H,19,22)(H2,18,23,24). The number of nitrogens with one attached hydrogen (secondary N) is 1. The molecule has 0 saturated carbocycles. The summed E-state index contributed by atoms with van der Waals surface area (Å²) in [6, 6.07) is 6.36. The summed E-state index contributed by atoms with van der Waals surface area (Å²) in [7, 11) is -3.70. The third kappa shape index (κ3) is 7.66. The Kier molecular flexibility index (Phi) is 8.05. The molecule has 0 heterocycles. The van der Waals surface area contributed by atoms with Crippen LogP contribution in [0.5, 0.6) is 0 Å². The summed E-state index contributed by atoms with van der Waals surface area (Å²) >= 11 is 0. The number of benzene rings is 1. The molecule has 0 bridgehead atoms. The van der Waals surface area contributed by atoms with Gasteiger partial charge in [0.25, 0.3) is 0 Å². The molecule has 2 amide bonds. The van der Waals surface area contributed by atoms with E-state index in [2.05, 4.69) is 5.32 Å². The average Bonchev–Trinajstić information content (AvgIpc) is 2.53. The van der Waals surface area contributed by atoms with Crippen LogP contribution in [0.25, 0.3) is 0 Å². The normalized spacial score (nSPS) is 12.5. The molecule has 7 nitrogen and oxygen atoms in total. The Hall–Kier alpha value is -1.93. The summed E-state index contributed by atoms with van der Waals surface area (Å²) in [5, 5.41) is 7.93. The van der Waals surface area contributed by atoms with Gasteiger partial charge < -0.3 is 10.2 Å². The molecule has 1 aromatic carbocycles. The highest BCUT2D eigenvalue weighted by Crippen LogP contribution is 2.10. The van der Waals surface area contributed by atoms with E-state index < -0.39 is 10.0 Å². The maximum atomic E-state index is 11.8. The molecule has 0 fully saturated rings. The zero-order chi connectivity index (χ0) is 19.0. The maximum Gasteiger partial charge on any atom is 0.238 e. The quantitative estimate of drug-likeness (QED) is 0.677. The second-order valence-electron chi connectivity index (χ2n) is 6.07. The Bertz CT molecular complexity index is 686. The van der Waals surface area contributed by atoms with E-state index in [-0.39, 0.29) is 29.2 Å². The van der Waals surface area contributed by atoms with Crippen LogP contribution in [0, 0.1) is 0 Å². The first kappa shape index (κ1) is 21.1. The molecule has 1 aromatic rings. The van der Waals surface area contributed by atoms with Crippen molar-refractivity contribution in [3.8, 4) is 0 Å². The molecular formula is C17H27N3O4S. The lowest BCUT2D eigenvalue weighted by atomic mass is 10.1. The number of hydrogen-bond acceptors (Lipinski definition) is 4. The molecule has 3 N–H and O–H groups in total. The van der Waals surface area contributed by atoms with Crippen LogP contribution in [0.1, 0.15) is 39.2 Å². The van der Waals surface area contributed by atoms with Crippen molar-refractivity contribution in [3.63, 3.8) is 0 Å². The lowest BCUT2D eigenvalue weighted by molar-refractivity contribution is -0.129. The fourth-order valence-electron chi connectivity index (χ4n) is 2.22. The zero-order valence-corrected chi connectivity index (χ0v) is 15.8. The number of amides is 2. The van der Waals surface area contributed by atoms with Crippen LogP contribution in [0.15, 0.2) is 29.2 Å². The summed E-state index contributed by atoms with van der Waals surface area (Å²) in [5.41, 5.74) is 0.891. The van der Waals surface area contributed by atoms with Gasteiger partial charge in [-0.05, 0) is 37.5 Å². The van der Waals surface area contributed by atoms with Crippen molar-refractivity contribution < 1.29 is 18.0 Å². The molecule has 25 heavy (non-hydrogen) atoms. The van der Waals surface area contributed by atoms with Gasteiger partial charge in [0, 0.05) is 32.5 Å². The molecule has 0 aromatic heterocycles. The first-order chi connectivity index (χ1) is 11.6. The number of carbonyl (C=O) groups excluding carboxylic acids is 2. The smallest absolute Gasteiger partial charge is 0.238 e. The number of nitrogens with two attached hydrogens (primary N) is 1. The highest BCUT2D eigenvalue weighted by atomic mass is 32.2. The Labute approximate surface area is 149 Å². The van der Waals surface area contributed by atoms with Crippen LogP contribution in [0.3, 0.4) is 0 Å². The van der Waals surface area contributed by atoms with E-state index >= 15 is 0 Å². The molecule has 0 aliphatic heterocycles.